The van der Waals surface area contributed by atoms with Gasteiger partial charge in [-0.3, -0.25) is 4.79 Å². The van der Waals surface area contributed by atoms with E-state index >= 15 is 0 Å². The summed E-state index contributed by atoms with van der Waals surface area (Å²) < 4.78 is 0. The summed E-state index contributed by atoms with van der Waals surface area (Å²) in [6, 6.07) is 0. The van der Waals surface area contributed by atoms with Crippen LogP contribution in [0.1, 0.15) is 51.9 Å². The number of amides is 1. The molecule has 1 saturated carbocycles. The maximum absolute atomic E-state index is 12.5. The van der Waals surface area contributed by atoms with Crippen LogP contribution in [0.4, 0.5) is 0 Å². The molecular formula is C15H28N2O. The van der Waals surface area contributed by atoms with Crippen molar-refractivity contribution in [1.29, 1.82) is 0 Å². The molecule has 104 valence electrons. The number of nitrogens with zero attached hydrogens (tertiary/aromatic N) is 1. The lowest BCUT2D eigenvalue weighted by molar-refractivity contribution is -0.138. The maximum Gasteiger partial charge on any atom is 0.225 e. The molecule has 1 aliphatic heterocycles. The van der Waals surface area contributed by atoms with E-state index in [1.165, 1.54) is 25.7 Å². The Hall–Kier alpha value is -0.570. The van der Waals surface area contributed by atoms with Crippen LogP contribution in [0.3, 0.4) is 0 Å². The van der Waals surface area contributed by atoms with Crippen LogP contribution in [-0.2, 0) is 4.79 Å². The largest absolute Gasteiger partial charge is 0.342 e. The first-order chi connectivity index (χ1) is 8.70. The second-order valence-electron chi connectivity index (χ2n) is 6.33. The summed E-state index contributed by atoms with van der Waals surface area (Å²) in [4.78, 5) is 14.6. The summed E-state index contributed by atoms with van der Waals surface area (Å²) in [6.45, 7) is 5.00. The van der Waals surface area contributed by atoms with E-state index in [2.05, 4.69) is 11.8 Å². The van der Waals surface area contributed by atoms with E-state index in [-0.39, 0.29) is 0 Å². The first-order valence-electron chi connectivity index (χ1n) is 7.69. The Morgan fingerprint density at radius 1 is 1.22 bits per heavy atom. The second-order valence-corrected chi connectivity index (χ2v) is 6.33. The van der Waals surface area contributed by atoms with Crippen LogP contribution in [0, 0.1) is 17.8 Å². The van der Waals surface area contributed by atoms with E-state index in [1.54, 1.807) is 0 Å². The summed E-state index contributed by atoms with van der Waals surface area (Å²) in [5.41, 5.74) is 5.64. The van der Waals surface area contributed by atoms with Gasteiger partial charge < -0.3 is 10.6 Å². The average Bonchev–Trinajstić information content (AvgIpc) is 2.39. The lowest BCUT2D eigenvalue weighted by Gasteiger charge is -2.36. The minimum Gasteiger partial charge on any atom is -0.342 e. The Labute approximate surface area is 111 Å². The second kappa shape index (κ2) is 6.55. The van der Waals surface area contributed by atoms with Gasteiger partial charge in [0.05, 0.1) is 0 Å². The van der Waals surface area contributed by atoms with E-state index in [0.29, 0.717) is 17.7 Å². The minimum absolute atomic E-state index is 0.317. The molecule has 0 aromatic carbocycles. The number of piperidine rings is 1. The number of hydrogen-bond acceptors (Lipinski definition) is 2. The average molecular weight is 252 g/mol. The molecule has 0 aromatic heterocycles. The molecule has 1 atom stereocenters. The van der Waals surface area contributed by atoms with E-state index < -0.39 is 0 Å². The van der Waals surface area contributed by atoms with Gasteiger partial charge in [0, 0.05) is 19.0 Å². The molecule has 2 aliphatic rings. The van der Waals surface area contributed by atoms with Gasteiger partial charge in [-0.2, -0.15) is 0 Å². The number of hydrogen-bond donors (Lipinski definition) is 1. The van der Waals surface area contributed by atoms with E-state index in [9.17, 15) is 4.79 Å². The van der Waals surface area contributed by atoms with Gasteiger partial charge in [0.25, 0.3) is 0 Å². The highest BCUT2D eigenvalue weighted by molar-refractivity contribution is 5.79. The molecule has 1 heterocycles. The number of rotatable bonds is 3. The minimum atomic E-state index is 0.317. The van der Waals surface area contributed by atoms with E-state index in [0.717, 1.165) is 44.8 Å². The zero-order valence-electron chi connectivity index (χ0n) is 11.7. The van der Waals surface area contributed by atoms with Crippen LogP contribution in [0.5, 0.6) is 0 Å². The van der Waals surface area contributed by atoms with Crippen molar-refractivity contribution in [3.05, 3.63) is 0 Å². The fraction of sp³-hybridized carbons (Fsp3) is 0.933. The Bertz CT molecular complexity index is 270. The molecule has 2 fully saturated rings. The highest BCUT2D eigenvalue weighted by atomic mass is 16.2. The highest BCUT2D eigenvalue weighted by Crippen LogP contribution is 2.31. The normalized spacial score (nSPS) is 33.4. The monoisotopic (exact) mass is 252 g/mol. The summed E-state index contributed by atoms with van der Waals surface area (Å²) in [5.74, 6) is 2.22. The van der Waals surface area contributed by atoms with E-state index in [4.69, 9.17) is 5.73 Å². The summed E-state index contributed by atoms with van der Waals surface area (Å²) in [5, 5.41) is 0. The van der Waals surface area contributed by atoms with Crippen LogP contribution < -0.4 is 5.73 Å². The van der Waals surface area contributed by atoms with Crippen LogP contribution in [0.15, 0.2) is 0 Å². The van der Waals surface area contributed by atoms with Gasteiger partial charge >= 0.3 is 0 Å². The molecule has 0 aromatic rings. The predicted molar refractivity (Wildman–Crippen MR) is 74.1 cm³/mol. The van der Waals surface area contributed by atoms with Crippen molar-refractivity contribution in [2.24, 2.45) is 23.5 Å². The fourth-order valence-corrected chi connectivity index (χ4v) is 3.50. The van der Waals surface area contributed by atoms with Crippen LogP contribution >= 0.6 is 0 Å². The summed E-state index contributed by atoms with van der Waals surface area (Å²) >= 11 is 0. The van der Waals surface area contributed by atoms with Gasteiger partial charge in [0.15, 0.2) is 0 Å². The predicted octanol–water partition coefficient (Wildman–Crippen LogP) is 2.40. The maximum atomic E-state index is 12.5. The molecule has 2 rings (SSSR count). The molecule has 1 saturated heterocycles. The summed E-state index contributed by atoms with van der Waals surface area (Å²) in [7, 11) is 0. The lowest BCUT2D eigenvalue weighted by atomic mass is 9.82. The van der Waals surface area contributed by atoms with Crippen LogP contribution in [-0.4, -0.2) is 30.4 Å². The Morgan fingerprint density at radius 2 is 1.94 bits per heavy atom. The fourth-order valence-electron chi connectivity index (χ4n) is 3.50. The number of likely N-dealkylation sites (tertiary alicyclic amines) is 1. The zero-order valence-corrected chi connectivity index (χ0v) is 11.7. The molecule has 3 nitrogen and oxygen atoms in total. The molecule has 0 radical (unpaired) electrons. The molecule has 1 unspecified atom stereocenters. The van der Waals surface area contributed by atoms with Crippen molar-refractivity contribution in [3.8, 4) is 0 Å². The first-order valence-corrected chi connectivity index (χ1v) is 7.69. The Kier molecular flexibility index (Phi) is 5.04. The quantitative estimate of drug-likeness (QED) is 0.838. The first kappa shape index (κ1) is 13.9. The molecule has 0 bridgehead atoms. The number of carbonyl (C=O) groups excluding carboxylic acids is 1. The molecule has 1 aliphatic carbocycles. The summed E-state index contributed by atoms with van der Waals surface area (Å²) in [6.07, 6.45) is 8.18. The van der Waals surface area contributed by atoms with Crippen molar-refractivity contribution in [2.45, 2.75) is 51.9 Å². The third kappa shape index (κ3) is 3.47. The van der Waals surface area contributed by atoms with Crippen LogP contribution in [0.25, 0.3) is 0 Å². The molecular weight excluding hydrogens is 224 g/mol. The molecule has 1 amide bonds. The van der Waals surface area contributed by atoms with Gasteiger partial charge in [-0.25, -0.2) is 0 Å². The topological polar surface area (TPSA) is 46.3 Å². The van der Waals surface area contributed by atoms with Crippen molar-refractivity contribution >= 4 is 5.91 Å². The van der Waals surface area contributed by atoms with E-state index in [1.807, 2.05) is 0 Å². The Morgan fingerprint density at radius 3 is 2.61 bits per heavy atom. The van der Waals surface area contributed by atoms with Gasteiger partial charge in [-0.15, -0.1) is 0 Å². The van der Waals surface area contributed by atoms with Crippen LogP contribution in [0.2, 0.25) is 0 Å². The standard InChI is InChI=1S/C15H28N2O/c1-12-4-6-14(7-5-12)15(18)17-10-2-3-13(11-17)8-9-16/h12-14H,2-11,16H2,1H3. The van der Waals surface area contributed by atoms with Crippen molar-refractivity contribution in [1.82, 2.24) is 4.90 Å². The number of nitrogens with two attached hydrogens (primary N) is 1. The number of carbonyl (C=O) groups is 1. The Balaban J connectivity index is 1.84. The molecule has 3 heteroatoms. The van der Waals surface area contributed by atoms with Crippen molar-refractivity contribution in [3.63, 3.8) is 0 Å². The third-order valence-electron chi connectivity index (χ3n) is 4.77. The van der Waals surface area contributed by atoms with Gasteiger partial charge in [0.1, 0.15) is 0 Å². The SMILES string of the molecule is CC1CCC(C(=O)N2CCCC(CCN)C2)CC1. The van der Waals surface area contributed by atoms with Gasteiger partial charge in [0.2, 0.25) is 5.91 Å². The smallest absolute Gasteiger partial charge is 0.225 e. The molecule has 0 spiro atoms. The van der Waals surface area contributed by atoms with Gasteiger partial charge in [-0.05, 0) is 63.3 Å². The van der Waals surface area contributed by atoms with Gasteiger partial charge in [-0.1, -0.05) is 6.92 Å². The highest BCUT2D eigenvalue weighted by Gasteiger charge is 2.30. The molecule has 2 N–H and O–H groups in total. The lowest BCUT2D eigenvalue weighted by Crippen LogP contribution is -2.44. The molecule has 18 heavy (non-hydrogen) atoms. The van der Waals surface area contributed by atoms with Crippen molar-refractivity contribution < 1.29 is 4.79 Å². The zero-order chi connectivity index (χ0) is 13.0. The third-order valence-corrected chi connectivity index (χ3v) is 4.77. The van der Waals surface area contributed by atoms with Crippen molar-refractivity contribution in [2.75, 3.05) is 19.6 Å².